The summed E-state index contributed by atoms with van der Waals surface area (Å²) >= 11 is 0. The number of rotatable bonds is 11. The summed E-state index contributed by atoms with van der Waals surface area (Å²) < 4.78 is 95.3. The van der Waals surface area contributed by atoms with Crippen LogP contribution < -0.4 is 10.6 Å². The van der Waals surface area contributed by atoms with E-state index in [1.807, 2.05) is 0 Å². The number of fused-ring (bicyclic) bond motifs is 1. The number of nitrogens with zero attached hydrogens (tertiary/aromatic N) is 6. The summed E-state index contributed by atoms with van der Waals surface area (Å²) in [6, 6.07) is 0.451. The second-order valence-corrected chi connectivity index (χ2v) is 12.8. The van der Waals surface area contributed by atoms with E-state index in [4.69, 9.17) is 0 Å². The topological polar surface area (TPSA) is 119 Å². The average molecular weight is 659 g/mol. The Kier molecular flexibility index (Phi) is 8.46. The average Bonchev–Trinajstić information content (AvgIpc) is 3.52. The minimum absolute atomic E-state index is 0.00838. The van der Waals surface area contributed by atoms with E-state index in [-0.39, 0.29) is 55.5 Å². The van der Waals surface area contributed by atoms with Crippen molar-refractivity contribution in [2.45, 2.75) is 101 Å². The van der Waals surface area contributed by atoms with Crippen molar-refractivity contribution in [1.29, 1.82) is 0 Å². The second kappa shape index (κ2) is 12.1. The van der Waals surface area contributed by atoms with Crippen LogP contribution in [0.1, 0.15) is 98.0 Å². The lowest BCUT2D eigenvalue weighted by molar-refractivity contribution is -0.137. The zero-order valence-electron chi connectivity index (χ0n) is 24.6. The van der Waals surface area contributed by atoms with Gasteiger partial charge >= 0.3 is 6.18 Å². The number of hydrogen-bond acceptors (Lipinski definition) is 6. The highest BCUT2D eigenvalue weighted by Gasteiger charge is 2.46. The Hall–Kier alpha value is -3.79. The molecular weight excluding hydrogens is 625 g/mol. The van der Waals surface area contributed by atoms with Crippen LogP contribution >= 0.6 is 0 Å². The molecule has 17 heteroatoms. The summed E-state index contributed by atoms with van der Waals surface area (Å²) in [5.41, 5.74) is 1.13. The molecule has 10 nitrogen and oxygen atoms in total. The maximum Gasteiger partial charge on any atom is 0.390 e. The lowest BCUT2D eigenvalue weighted by atomic mass is 9.79. The van der Waals surface area contributed by atoms with Gasteiger partial charge in [-0.25, -0.2) is 31.7 Å². The normalized spacial score (nSPS) is 21.5. The number of carbonyl (C=O) groups is 2. The lowest BCUT2D eigenvalue weighted by Crippen LogP contribution is -2.39. The van der Waals surface area contributed by atoms with Gasteiger partial charge < -0.3 is 10.6 Å². The quantitative estimate of drug-likeness (QED) is 0.260. The first-order valence-electron chi connectivity index (χ1n) is 15.3. The van der Waals surface area contributed by atoms with Crippen LogP contribution in [0.15, 0.2) is 24.7 Å². The van der Waals surface area contributed by atoms with Crippen molar-refractivity contribution >= 4 is 17.5 Å². The first-order valence-corrected chi connectivity index (χ1v) is 15.3. The molecule has 2 amide bonds. The Bertz CT molecular complexity index is 1570. The largest absolute Gasteiger partial charge is 0.390 e. The van der Waals surface area contributed by atoms with Crippen molar-refractivity contribution in [1.82, 2.24) is 40.2 Å². The minimum Gasteiger partial charge on any atom is -0.349 e. The number of amides is 2. The van der Waals surface area contributed by atoms with Gasteiger partial charge in [0.25, 0.3) is 5.91 Å². The molecule has 0 spiro atoms. The summed E-state index contributed by atoms with van der Waals surface area (Å²) in [7, 11) is 0. The second-order valence-electron chi connectivity index (χ2n) is 12.8. The maximum atomic E-state index is 14.0. The predicted octanol–water partition coefficient (Wildman–Crippen LogP) is 5.57. The highest BCUT2D eigenvalue weighted by atomic mass is 19.4. The molecule has 0 aliphatic heterocycles. The third kappa shape index (κ3) is 7.60. The molecule has 6 rings (SSSR count). The third-order valence-electron chi connectivity index (χ3n) is 9.07. The monoisotopic (exact) mass is 658 g/mol. The van der Waals surface area contributed by atoms with Gasteiger partial charge in [-0.2, -0.15) is 18.3 Å². The number of alkyl halides is 7. The summed E-state index contributed by atoms with van der Waals surface area (Å²) in [6.45, 7) is -0.626. The van der Waals surface area contributed by atoms with E-state index in [9.17, 15) is 40.3 Å². The smallest absolute Gasteiger partial charge is 0.349 e. The molecule has 0 saturated heterocycles. The molecule has 2 N–H and O–H groups in total. The van der Waals surface area contributed by atoms with E-state index in [1.165, 1.54) is 4.52 Å². The summed E-state index contributed by atoms with van der Waals surface area (Å²) in [5, 5.41) is 17.4. The standard InChI is InChI=1S/C29H33F7N8O2/c30-27(31)5-3-18(4-6-27)25(41-26(46)21-14-37-42-43(21)8-7-29(34,35)36)20-15-44-22(39-20)10-19(13-38-44)24(17-1-2-17)40-23(45)9-16-11-28(32,33)12-16/h10,13-18,24-25H,1-9,11-12H2,(H,40,45)(H,41,46)/t24-,25?/m0/s1. The molecule has 3 saturated carbocycles. The fourth-order valence-corrected chi connectivity index (χ4v) is 6.43. The highest BCUT2D eigenvalue weighted by Crippen LogP contribution is 2.45. The molecule has 2 atom stereocenters. The Labute approximate surface area is 258 Å². The van der Waals surface area contributed by atoms with Gasteiger partial charge in [0, 0.05) is 32.1 Å². The fraction of sp³-hybridized carbons (Fsp3) is 0.655. The lowest BCUT2D eigenvalue weighted by Gasteiger charge is -2.34. The number of nitrogens with one attached hydrogen (secondary N) is 2. The molecular formula is C29H33F7N8O2. The zero-order chi connectivity index (χ0) is 32.9. The molecule has 1 unspecified atom stereocenters. The molecule has 3 aromatic heterocycles. The summed E-state index contributed by atoms with van der Waals surface area (Å²) in [6.07, 6.45) is -1.06. The fourth-order valence-electron chi connectivity index (χ4n) is 6.43. The molecule has 3 fully saturated rings. The van der Waals surface area contributed by atoms with E-state index in [0.29, 0.717) is 16.9 Å². The first-order chi connectivity index (χ1) is 21.6. The van der Waals surface area contributed by atoms with Crippen LogP contribution in [0.3, 0.4) is 0 Å². The van der Waals surface area contributed by atoms with E-state index in [1.54, 1.807) is 18.5 Å². The van der Waals surface area contributed by atoms with E-state index in [0.717, 1.165) is 23.7 Å². The first kappa shape index (κ1) is 32.2. The van der Waals surface area contributed by atoms with Gasteiger partial charge in [-0.15, -0.1) is 5.10 Å². The van der Waals surface area contributed by atoms with Crippen molar-refractivity contribution in [3.05, 3.63) is 41.6 Å². The van der Waals surface area contributed by atoms with Crippen LogP contribution in [-0.4, -0.2) is 59.4 Å². The van der Waals surface area contributed by atoms with Crippen LogP contribution in [0, 0.1) is 17.8 Å². The Balaban J connectivity index is 1.22. The summed E-state index contributed by atoms with van der Waals surface area (Å²) in [4.78, 5) is 30.7. The van der Waals surface area contributed by atoms with Crippen molar-refractivity contribution in [2.75, 3.05) is 0 Å². The highest BCUT2D eigenvalue weighted by molar-refractivity contribution is 5.92. The van der Waals surface area contributed by atoms with Gasteiger partial charge in [0.15, 0.2) is 5.65 Å². The van der Waals surface area contributed by atoms with Crippen LogP contribution in [0.2, 0.25) is 0 Å². The minimum atomic E-state index is -4.48. The Morgan fingerprint density at radius 1 is 0.957 bits per heavy atom. The third-order valence-corrected chi connectivity index (χ3v) is 9.07. The van der Waals surface area contributed by atoms with E-state index >= 15 is 0 Å². The van der Waals surface area contributed by atoms with Crippen LogP contribution in [0.25, 0.3) is 5.65 Å². The number of hydrogen-bond donors (Lipinski definition) is 2. The van der Waals surface area contributed by atoms with Crippen molar-refractivity contribution in [3.63, 3.8) is 0 Å². The number of aromatic nitrogens is 6. The molecule has 3 heterocycles. The maximum absolute atomic E-state index is 14.0. The zero-order valence-corrected chi connectivity index (χ0v) is 24.6. The van der Waals surface area contributed by atoms with Crippen molar-refractivity contribution in [3.8, 4) is 0 Å². The van der Waals surface area contributed by atoms with Crippen molar-refractivity contribution < 1.29 is 40.3 Å². The number of halogens is 7. The van der Waals surface area contributed by atoms with E-state index in [2.05, 4.69) is 31.0 Å². The molecule has 3 aliphatic carbocycles. The predicted molar refractivity (Wildman–Crippen MR) is 147 cm³/mol. The van der Waals surface area contributed by atoms with Crippen molar-refractivity contribution in [2.24, 2.45) is 17.8 Å². The number of imidazole rings is 1. The van der Waals surface area contributed by atoms with Crippen LogP contribution in [0.4, 0.5) is 30.7 Å². The molecule has 250 valence electrons. The summed E-state index contributed by atoms with van der Waals surface area (Å²) in [5.74, 6) is -7.32. The van der Waals surface area contributed by atoms with Crippen LogP contribution in [0.5, 0.6) is 0 Å². The van der Waals surface area contributed by atoms with Gasteiger partial charge in [0.05, 0.1) is 49.3 Å². The van der Waals surface area contributed by atoms with Gasteiger partial charge in [0.1, 0.15) is 5.69 Å². The molecule has 46 heavy (non-hydrogen) atoms. The number of carbonyl (C=O) groups excluding carboxylic acids is 2. The van der Waals surface area contributed by atoms with Gasteiger partial charge in [0.2, 0.25) is 17.8 Å². The van der Waals surface area contributed by atoms with Gasteiger partial charge in [-0.05, 0) is 55.1 Å². The van der Waals surface area contributed by atoms with E-state index < -0.39 is 67.7 Å². The molecule has 0 aromatic carbocycles. The van der Waals surface area contributed by atoms with Gasteiger partial charge in [-0.1, -0.05) is 5.21 Å². The van der Waals surface area contributed by atoms with Crippen LogP contribution in [-0.2, 0) is 11.3 Å². The Morgan fingerprint density at radius 2 is 1.65 bits per heavy atom. The molecule has 0 bridgehead atoms. The SMILES string of the molecule is O=C(CC1CC(F)(F)C1)N[C@H](c1cnn2cc(C(NC(=O)c3cnnn3CCC(F)(F)F)C3CCC(F)(F)CC3)nc2c1)C1CC1. The molecule has 3 aliphatic rings. The van der Waals surface area contributed by atoms with Gasteiger partial charge in [-0.3, -0.25) is 9.59 Å². The molecule has 3 aromatic rings. The number of aryl methyl sites for hydroxylation is 1. The Morgan fingerprint density at radius 3 is 2.30 bits per heavy atom. The molecule has 0 radical (unpaired) electrons.